The van der Waals surface area contributed by atoms with Crippen LogP contribution in [0.25, 0.3) is 11.0 Å². The minimum atomic E-state index is -1.04. The molecule has 2 amide bonds. The standard InChI is InChI=1S/C19H15Cl2N7O4/c1-3-31-19(30)25-17(29)14(8-22)27-26-10-6-12(20)15(13(21)7-10)32-18-11-4-5-28(2)16(11)23-9-24-18/h4-7,9,26H,3H2,1-2H3,(H,25,29,30)/b27-14+. The average molecular weight is 476 g/mol. The van der Waals surface area contributed by atoms with Gasteiger partial charge in [0, 0.05) is 13.2 Å². The van der Waals surface area contributed by atoms with E-state index in [1.54, 1.807) is 19.1 Å². The predicted octanol–water partition coefficient (Wildman–Crippen LogP) is 3.63. The zero-order chi connectivity index (χ0) is 23.3. The molecule has 2 heterocycles. The Hall–Kier alpha value is -3.88. The number of nitrogens with one attached hydrogen (secondary N) is 2. The van der Waals surface area contributed by atoms with E-state index in [4.69, 9.17) is 33.2 Å². The Bertz CT molecular complexity index is 1240. The Morgan fingerprint density at radius 1 is 1.28 bits per heavy atom. The zero-order valence-electron chi connectivity index (χ0n) is 16.7. The lowest BCUT2D eigenvalue weighted by Gasteiger charge is -2.11. The number of nitriles is 1. The number of fused-ring (bicyclic) bond motifs is 1. The fourth-order valence-electron chi connectivity index (χ4n) is 2.52. The van der Waals surface area contributed by atoms with Crippen LogP contribution in [-0.2, 0) is 16.6 Å². The highest BCUT2D eigenvalue weighted by Crippen LogP contribution is 2.39. The smallest absolute Gasteiger partial charge is 0.414 e. The first-order valence-corrected chi connectivity index (χ1v) is 9.74. The van der Waals surface area contributed by atoms with Crippen LogP contribution < -0.4 is 15.5 Å². The summed E-state index contributed by atoms with van der Waals surface area (Å²) in [7, 11) is 1.84. The largest absolute Gasteiger partial charge is 0.450 e. The van der Waals surface area contributed by atoms with E-state index in [1.807, 2.05) is 23.1 Å². The second-order valence-electron chi connectivity index (χ2n) is 6.07. The minimum absolute atomic E-state index is 0.0621. The first kappa shape index (κ1) is 22.8. The molecule has 164 valence electrons. The van der Waals surface area contributed by atoms with Crippen LogP contribution in [0.5, 0.6) is 11.6 Å². The molecule has 0 unspecified atom stereocenters. The molecule has 3 aromatic rings. The molecule has 0 radical (unpaired) electrons. The number of halogens is 2. The fraction of sp³-hybridized carbons (Fsp3) is 0.158. The van der Waals surface area contributed by atoms with Crippen LogP contribution in [0.15, 0.2) is 35.8 Å². The van der Waals surface area contributed by atoms with Crippen LogP contribution in [0.2, 0.25) is 10.0 Å². The molecule has 0 bridgehead atoms. The van der Waals surface area contributed by atoms with E-state index in [2.05, 4.69) is 25.2 Å². The molecule has 0 atom stereocenters. The molecule has 0 spiro atoms. The van der Waals surface area contributed by atoms with Gasteiger partial charge in [0.25, 0.3) is 5.91 Å². The second-order valence-corrected chi connectivity index (χ2v) is 6.89. The Morgan fingerprint density at radius 2 is 2.00 bits per heavy atom. The zero-order valence-corrected chi connectivity index (χ0v) is 18.2. The molecule has 2 N–H and O–H groups in total. The summed E-state index contributed by atoms with van der Waals surface area (Å²) in [6.45, 7) is 1.63. The molecule has 0 aliphatic rings. The molecule has 11 nitrogen and oxygen atoms in total. The Labute approximate surface area is 191 Å². The van der Waals surface area contributed by atoms with Gasteiger partial charge in [0.2, 0.25) is 11.6 Å². The normalized spacial score (nSPS) is 11.0. The first-order chi connectivity index (χ1) is 15.3. The maximum atomic E-state index is 11.9. The number of ether oxygens (including phenoxy) is 2. The highest BCUT2D eigenvalue weighted by Gasteiger charge is 2.17. The van der Waals surface area contributed by atoms with Crippen LogP contribution in [-0.4, -0.2) is 38.9 Å². The van der Waals surface area contributed by atoms with Crippen LogP contribution in [0, 0.1) is 11.3 Å². The maximum Gasteiger partial charge on any atom is 0.414 e. The lowest BCUT2D eigenvalue weighted by atomic mass is 10.3. The molecule has 0 fully saturated rings. The third-order valence-corrected chi connectivity index (χ3v) is 4.49. The summed E-state index contributed by atoms with van der Waals surface area (Å²) in [5, 5.41) is 15.5. The van der Waals surface area contributed by atoms with Crippen molar-refractivity contribution in [2.24, 2.45) is 12.1 Å². The van der Waals surface area contributed by atoms with E-state index >= 15 is 0 Å². The van der Waals surface area contributed by atoms with Crippen molar-refractivity contribution in [3.63, 3.8) is 0 Å². The molecule has 3 rings (SSSR count). The number of anilines is 1. The molecule has 32 heavy (non-hydrogen) atoms. The SMILES string of the molecule is CCOC(=O)NC(=O)/C(C#N)=N/Nc1cc(Cl)c(Oc2ncnc3c2ccn3C)c(Cl)c1. The van der Waals surface area contributed by atoms with Gasteiger partial charge in [-0.15, -0.1) is 0 Å². The van der Waals surface area contributed by atoms with E-state index in [1.165, 1.54) is 18.5 Å². The van der Waals surface area contributed by atoms with E-state index in [0.29, 0.717) is 11.0 Å². The predicted molar refractivity (Wildman–Crippen MR) is 117 cm³/mol. The van der Waals surface area contributed by atoms with Gasteiger partial charge in [0.1, 0.15) is 18.0 Å². The summed E-state index contributed by atoms with van der Waals surface area (Å²) in [4.78, 5) is 31.5. The van der Waals surface area contributed by atoms with E-state index in [-0.39, 0.29) is 34.0 Å². The molecule has 0 aliphatic carbocycles. The average Bonchev–Trinajstić information content (AvgIpc) is 3.13. The molecule has 13 heteroatoms. The topological polar surface area (TPSA) is 144 Å². The number of rotatable bonds is 6. The number of carbonyl (C=O) groups excluding carboxylic acids is 2. The van der Waals surface area contributed by atoms with Crippen molar-refractivity contribution in [1.29, 1.82) is 5.26 Å². The van der Waals surface area contributed by atoms with Crippen LogP contribution in [0.3, 0.4) is 0 Å². The van der Waals surface area contributed by atoms with Crippen molar-refractivity contribution in [2.45, 2.75) is 6.92 Å². The lowest BCUT2D eigenvalue weighted by Crippen LogP contribution is -2.36. The number of nitrogens with zero attached hydrogens (tertiary/aromatic N) is 5. The van der Waals surface area contributed by atoms with Gasteiger partial charge >= 0.3 is 6.09 Å². The quantitative estimate of drug-likeness (QED) is 0.406. The summed E-state index contributed by atoms with van der Waals surface area (Å²) in [6.07, 6.45) is 2.17. The van der Waals surface area contributed by atoms with Crippen LogP contribution >= 0.6 is 23.2 Å². The third kappa shape index (κ3) is 5.05. The highest BCUT2D eigenvalue weighted by atomic mass is 35.5. The molecule has 0 saturated carbocycles. The lowest BCUT2D eigenvalue weighted by molar-refractivity contribution is -0.114. The number of hydrazone groups is 1. The third-order valence-electron chi connectivity index (χ3n) is 3.93. The Morgan fingerprint density at radius 3 is 2.66 bits per heavy atom. The number of aromatic nitrogens is 3. The van der Waals surface area contributed by atoms with E-state index in [0.717, 1.165) is 0 Å². The maximum absolute atomic E-state index is 11.9. The Balaban J connectivity index is 1.79. The van der Waals surface area contributed by atoms with Crippen molar-refractivity contribution in [3.05, 3.63) is 40.8 Å². The Kier molecular flexibility index (Phi) is 7.09. The second kappa shape index (κ2) is 9.95. The number of carbonyl (C=O) groups is 2. The highest BCUT2D eigenvalue weighted by molar-refractivity contribution is 6.47. The number of hydrogen-bond acceptors (Lipinski definition) is 9. The van der Waals surface area contributed by atoms with Crippen molar-refractivity contribution in [3.8, 4) is 17.7 Å². The van der Waals surface area contributed by atoms with Crippen LogP contribution in [0.1, 0.15) is 6.92 Å². The monoisotopic (exact) mass is 475 g/mol. The number of hydrogen-bond donors (Lipinski definition) is 2. The molecule has 0 saturated heterocycles. The minimum Gasteiger partial charge on any atom is -0.450 e. The van der Waals surface area contributed by atoms with Crippen molar-refractivity contribution < 1.29 is 19.1 Å². The fourth-order valence-corrected chi connectivity index (χ4v) is 3.08. The van der Waals surface area contributed by atoms with Crippen LogP contribution in [0.4, 0.5) is 10.5 Å². The molecule has 2 aromatic heterocycles. The van der Waals surface area contributed by atoms with Crippen molar-refractivity contribution in [1.82, 2.24) is 19.9 Å². The number of benzene rings is 1. The number of alkyl carbamates (subject to hydrolysis) is 1. The van der Waals surface area contributed by atoms with E-state index in [9.17, 15) is 9.59 Å². The summed E-state index contributed by atoms with van der Waals surface area (Å²) < 4.78 is 12.2. The number of aryl methyl sites for hydroxylation is 1. The van der Waals surface area contributed by atoms with Gasteiger partial charge in [-0.1, -0.05) is 23.2 Å². The summed E-state index contributed by atoms with van der Waals surface area (Å²) in [5.74, 6) is -0.626. The van der Waals surface area contributed by atoms with Gasteiger partial charge in [0.15, 0.2) is 5.75 Å². The number of imide groups is 1. The number of amides is 2. The van der Waals surface area contributed by atoms with Gasteiger partial charge in [-0.05, 0) is 25.1 Å². The van der Waals surface area contributed by atoms with Gasteiger partial charge in [0.05, 0.1) is 27.7 Å². The molecule has 0 aliphatic heterocycles. The van der Waals surface area contributed by atoms with Gasteiger partial charge < -0.3 is 14.0 Å². The van der Waals surface area contributed by atoms with Gasteiger partial charge in [-0.3, -0.25) is 15.5 Å². The van der Waals surface area contributed by atoms with Gasteiger partial charge in [-0.2, -0.15) is 10.4 Å². The summed E-state index contributed by atoms with van der Waals surface area (Å²) >= 11 is 12.6. The molecule has 1 aromatic carbocycles. The first-order valence-electron chi connectivity index (χ1n) is 8.98. The van der Waals surface area contributed by atoms with E-state index < -0.39 is 17.7 Å². The van der Waals surface area contributed by atoms with Crippen molar-refractivity contribution >= 4 is 57.6 Å². The summed E-state index contributed by atoms with van der Waals surface area (Å²) in [5.41, 5.74) is 2.80. The summed E-state index contributed by atoms with van der Waals surface area (Å²) in [6, 6.07) is 6.22. The van der Waals surface area contributed by atoms with Crippen molar-refractivity contribution in [2.75, 3.05) is 12.0 Å². The van der Waals surface area contributed by atoms with Gasteiger partial charge in [-0.25, -0.2) is 14.8 Å². The molecular formula is C19H15Cl2N7O4. The molecular weight excluding hydrogens is 461 g/mol.